The maximum Gasteiger partial charge on any atom is 0.289 e. The summed E-state index contributed by atoms with van der Waals surface area (Å²) in [6, 6.07) is 7.84. The first-order valence-electron chi connectivity index (χ1n) is 13.8. The second-order valence-corrected chi connectivity index (χ2v) is 12.1. The average Bonchev–Trinajstić information content (AvgIpc) is 3.39. The van der Waals surface area contributed by atoms with Gasteiger partial charge in [-0.3, -0.25) is 9.59 Å². The molecule has 1 aromatic carbocycles. The molecule has 5 saturated carbocycles. The minimum atomic E-state index is -0.165. The number of nitrogens with one attached hydrogen (secondary N) is 2. The summed E-state index contributed by atoms with van der Waals surface area (Å²) in [5.74, 6) is 3.21. The highest BCUT2D eigenvalue weighted by Crippen LogP contribution is 2.55. The molecule has 2 N–H and O–H groups in total. The average molecular weight is 500 g/mol. The zero-order valence-corrected chi connectivity index (χ0v) is 21.2. The van der Waals surface area contributed by atoms with Gasteiger partial charge in [0.15, 0.2) is 0 Å². The molecule has 2 amide bonds. The largest absolute Gasteiger partial charge is 0.431 e. The Bertz CT molecular complexity index is 1290. The third-order valence-electron chi connectivity index (χ3n) is 9.17. The van der Waals surface area contributed by atoms with Crippen molar-refractivity contribution in [3.05, 3.63) is 41.8 Å². The van der Waals surface area contributed by atoms with Gasteiger partial charge in [0.05, 0.1) is 11.9 Å². The molecule has 5 aliphatic carbocycles. The van der Waals surface area contributed by atoms with Gasteiger partial charge in [0, 0.05) is 23.6 Å². The van der Waals surface area contributed by atoms with E-state index in [0.29, 0.717) is 23.9 Å². The third kappa shape index (κ3) is 4.40. The maximum absolute atomic E-state index is 13.2. The summed E-state index contributed by atoms with van der Waals surface area (Å²) >= 11 is 0. The molecule has 1 aromatic heterocycles. The Balaban J connectivity index is 1.01. The van der Waals surface area contributed by atoms with Crippen molar-refractivity contribution >= 4 is 23.2 Å². The van der Waals surface area contributed by atoms with E-state index in [1.54, 1.807) is 0 Å². The van der Waals surface area contributed by atoms with Gasteiger partial charge >= 0.3 is 0 Å². The Morgan fingerprint density at radius 2 is 1.70 bits per heavy atom. The van der Waals surface area contributed by atoms with Crippen LogP contribution < -0.4 is 10.6 Å². The molecule has 0 saturated heterocycles. The van der Waals surface area contributed by atoms with Crippen molar-refractivity contribution in [2.24, 2.45) is 33.9 Å². The highest BCUT2D eigenvalue weighted by molar-refractivity contribution is 6.44. The molecule has 2 heterocycles. The number of rotatable bonds is 7. The summed E-state index contributed by atoms with van der Waals surface area (Å²) < 4.78 is 5.94. The molecule has 37 heavy (non-hydrogen) atoms. The molecular formula is C29H33N5O3. The van der Waals surface area contributed by atoms with Crippen LogP contribution in [0.1, 0.15) is 80.8 Å². The number of benzene rings is 1. The van der Waals surface area contributed by atoms with Gasteiger partial charge in [-0.05, 0) is 99.7 Å². The lowest BCUT2D eigenvalue weighted by Crippen LogP contribution is -2.59. The number of carbonyl (C=O) groups is 2. The summed E-state index contributed by atoms with van der Waals surface area (Å²) in [6.45, 7) is 2.05. The molecule has 6 aliphatic rings. The number of hydrogen-bond donors (Lipinski definition) is 2. The molecule has 8 nitrogen and oxygen atoms in total. The zero-order chi connectivity index (χ0) is 25.1. The van der Waals surface area contributed by atoms with Gasteiger partial charge in [0.25, 0.3) is 11.8 Å². The van der Waals surface area contributed by atoms with Crippen molar-refractivity contribution in [1.29, 1.82) is 0 Å². The van der Waals surface area contributed by atoms with Gasteiger partial charge in [0.2, 0.25) is 11.7 Å². The summed E-state index contributed by atoms with van der Waals surface area (Å²) in [5, 5.41) is 14.8. The quantitative estimate of drug-likeness (QED) is 0.584. The summed E-state index contributed by atoms with van der Waals surface area (Å²) in [4.78, 5) is 30.1. The molecule has 8 heteroatoms. The number of oxazole rings is 1. The second-order valence-electron chi connectivity index (χ2n) is 12.1. The van der Waals surface area contributed by atoms with E-state index in [2.05, 4.69) is 25.8 Å². The topological polar surface area (TPSA) is 109 Å². The fourth-order valence-corrected chi connectivity index (χ4v) is 7.55. The zero-order valence-electron chi connectivity index (χ0n) is 21.2. The van der Waals surface area contributed by atoms with E-state index in [4.69, 9.17) is 4.42 Å². The van der Waals surface area contributed by atoms with Crippen LogP contribution in [-0.4, -0.2) is 39.8 Å². The number of hydrogen-bond acceptors (Lipinski definition) is 6. The normalized spacial score (nSPS) is 30.6. The van der Waals surface area contributed by atoms with Gasteiger partial charge < -0.3 is 15.1 Å². The summed E-state index contributed by atoms with van der Waals surface area (Å²) in [7, 11) is 0. The summed E-state index contributed by atoms with van der Waals surface area (Å²) in [6.07, 6.45) is 11.5. The Kier molecular flexibility index (Phi) is 5.34. The molecule has 1 aliphatic heterocycles. The Labute approximate surface area is 216 Å². The lowest BCUT2D eigenvalue weighted by molar-refractivity contribution is -0.115. The lowest BCUT2D eigenvalue weighted by Gasteiger charge is -2.56. The number of aromatic nitrogens is 1. The van der Waals surface area contributed by atoms with E-state index in [1.807, 2.05) is 31.2 Å². The highest BCUT2D eigenvalue weighted by Gasteiger charge is 2.51. The molecule has 0 spiro atoms. The maximum atomic E-state index is 13.2. The van der Waals surface area contributed by atoms with E-state index in [1.165, 1.54) is 38.3 Å². The molecule has 1 atom stereocenters. The Morgan fingerprint density at radius 3 is 2.41 bits per heavy atom. The van der Waals surface area contributed by atoms with Crippen LogP contribution >= 0.6 is 0 Å². The van der Waals surface area contributed by atoms with E-state index >= 15 is 0 Å². The van der Waals surface area contributed by atoms with Crippen molar-refractivity contribution in [1.82, 2.24) is 15.6 Å². The smallest absolute Gasteiger partial charge is 0.289 e. The monoisotopic (exact) mass is 499 g/mol. The first kappa shape index (κ1) is 22.9. The van der Waals surface area contributed by atoms with Crippen LogP contribution in [-0.2, 0) is 4.79 Å². The van der Waals surface area contributed by atoms with E-state index < -0.39 is 0 Å². The van der Waals surface area contributed by atoms with Gasteiger partial charge in [-0.15, -0.1) is 5.10 Å². The van der Waals surface area contributed by atoms with Crippen molar-refractivity contribution in [3.63, 3.8) is 0 Å². The number of carbonyl (C=O) groups excluding carboxylic acids is 2. The van der Waals surface area contributed by atoms with Crippen molar-refractivity contribution in [3.8, 4) is 11.5 Å². The molecular weight excluding hydrogens is 466 g/mol. The van der Waals surface area contributed by atoms with Gasteiger partial charge in [-0.1, -0.05) is 12.1 Å². The molecule has 4 bridgehead atoms. The van der Waals surface area contributed by atoms with Crippen LogP contribution in [0.5, 0.6) is 0 Å². The lowest BCUT2D eigenvalue weighted by atomic mass is 9.53. The second kappa shape index (κ2) is 8.64. The molecule has 0 radical (unpaired) electrons. The minimum Gasteiger partial charge on any atom is -0.431 e. The molecule has 8 rings (SSSR count). The standard InChI is InChI=1S/C29H33N5O3/c1-16(20-5-6-20)31-26(35)24-11-23(33-34-24)21-3-2-4-22(10-21)28-30-15-25(37-28)27(36)32-29-12-17-7-18(13-29)9-19(8-17)14-29/h2-4,10,15-20H,5-9,11-14H2,1H3,(H,31,35)(H,32,36)/t16-,17?,18?,19?,29?/m0/s1. The fourth-order valence-electron chi connectivity index (χ4n) is 7.55. The van der Waals surface area contributed by atoms with Crippen LogP contribution in [0.25, 0.3) is 11.5 Å². The van der Waals surface area contributed by atoms with Crippen LogP contribution in [0.15, 0.2) is 45.1 Å². The molecule has 2 aromatic rings. The molecule has 0 unspecified atom stereocenters. The number of amides is 2. The Morgan fingerprint density at radius 1 is 1.00 bits per heavy atom. The first-order chi connectivity index (χ1) is 17.9. The minimum absolute atomic E-state index is 0.0697. The SMILES string of the molecule is C[C@H](NC(=O)C1=NN=C(c2cccc(-c3ncc(C(=O)NC45CC6CC(CC(C6)C4)C5)o3)c2)C1)C1CC1. The van der Waals surface area contributed by atoms with Crippen molar-refractivity contribution in [2.45, 2.75) is 76.3 Å². The number of nitrogens with zero attached hydrogens (tertiary/aromatic N) is 3. The van der Waals surface area contributed by atoms with Crippen molar-refractivity contribution < 1.29 is 14.0 Å². The van der Waals surface area contributed by atoms with Gasteiger partial charge in [0.1, 0.15) is 5.71 Å². The van der Waals surface area contributed by atoms with E-state index in [0.717, 1.165) is 53.9 Å². The van der Waals surface area contributed by atoms with E-state index in [-0.39, 0.29) is 29.2 Å². The van der Waals surface area contributed by atoms with Crippen LogP contribution in [0.4, 0.5) is 0 Å². The van der Waals surface area contributed by atoms with Gasteiger partial charge in [-0.2, -0.15) is 5.10 Å². The highest BCUT2D eigenvalue weighted by atomic mass is 16.4. The Hall–Kier alpha value is -3.29. The summed E-state index contributed by atoms with van der Waals surface area (Å²) in [5.41, 5.74) is 2.72. The van der Waals surface area contributed by atoms with Crippen molar-refractivity contribution in [2.75, 3.05) is 0 Å². The van der Waals surface area contributed by atoms with E-state index in [9.17, 15) is 9.59 Å². The van der Waals surface area contributed by atoms with Crippen LogP contribution in [0, 0.1) is 23.7 Å². The first-order valence-corrected chi connectivity index (χ1v) is 13.8. The molecule has 192 valence electrons. The van der Waals surface area contributed by atoms with Gasteiger partial charge in [-0.25, -0.2) is 4.98 Å². The van der Waals surface area contributed by atoms with Crippen LogP contribution in [0.2, 0.25) is 0 Å². The van der Waals surface area contributed by atoms with Crippen LogP contribution in [0.3, 0.4) is 0 Å². The predicted molar refractivity (Wildman–Crippen MR) is 139 cm³/mol. The fraction of sp³-hybridized carbons (Fsp3) is 0.552. The predicted octanol–water partition coefficient (Wildman–Crippen LogP) is 4.50. The third-order valence-corrected chi connectivity index (χ3v) is 9.17. The molecule has 5 fully saturated rings.